The van der Waals surface area contributed by atoms with E-state index in [1.54, 1.807) is 7.11 Å². The van der Waals surface area contributed by atoms with Crippen LogP contribution in [0.5, 0.6) is 5.75 Å². The van der Waals surface area contributed by atoms with Crippen LogP contribution in [0.15, 0.2) is 42.7 Å². The summed E-state index contributed by atoms with van der Waals surface area (Å²) in [6, 6.07) is 10.6. The summed E-state index contributed by atoms with van der Waals surface area (Å²) in [5, 5.41) is 2.39. The lowest BCUT2D eigenvalue weighted by molar-refractivity contribution is 0.415. The number of hydrogen-bond acceptors (Lipinski definition) is 3. The first-order valence-electron chi connectivity index (χ1n) is 9.61. The van der Waals surface area contributed by atoms with Crippen LogP contribution in [-0.2, 0) is 7.05 Å². The van der Waals surface area contributed by atoms with Crippen LogP contribution < -0.4 is 9.64 Å². The van der Waals surface area contributed by atoms with Crippen molar-refractivity contribution in [3.8, 4) is 17.0 Å². The van der Waals surface area contributed by atoms with Gasteiger partial charge in [0.05, 0.1) is 7.11 Å². The minimum Gasteiger partial charge on any atom is -0.497 e. The van der Waals surface area contributed by atoms with Crippen molar-refractivity contribution in [3.05, 3.63) is 42.7 Å². The van der Waals surface area contributed by atoms with Crippen LogP contribution in [0.4, 0.5) is 5.69 Å². The third-order valence-corrected chi connectivity index (χ3v) is 5.69. The number of nitrogens with one attached hydrogen (secondary N) is 1. The Morgan fingerprint density at radius 3 is 2.70 bits per heavy atom. The van der Waals surface area contributed by atoms with E-state index in [-0.39, 0.29) is 0 Å². The van der Waals surface area contributed by atoms with Gasteiger partial charge in [0.1, 0.15) is 11.4 Å². The highest BCUT2D eigenvalue weighted by Crippen LogP contribution is 2.36. The van der Waals surface area contributed by atoms with E-state index in [1.165, 1.54) is 46.8 Å². The molecule has 0 atom stereocenters. The first kappa shape index (κ1) is 16.2. The quantitative estimate of drug-likeness (QED) is 0.575. The van der Waals surface area contributed by atoms with E-state index in [0.717, 1.165) is 30.2 Å². The SMILES string of the molecule is COc1ccc2c(c1)c(-c1cc3c(N4CCCCC4)ccnc3[nH]1)cn2C. The number of aromatic nitrogens is 3. The molecule has 1 aromatic carbocycles. The minimum atomic E-state index is 0.873. The molecule has 5 rings (SSSR count). The van der Waals surface area contributed by atoms with Gasteiger partial charge in [0.25, 0.3) is 0 Å². The molecule has 4 heterocycles. The molecule has 0 aliphatic carbocycles. The van der Waals surface area contributed by atoms with E-state index >= 15 is 0 Å². The van der Waals surface area contributed by atoms with Crippen LogP contribution >= 0.6 is 0 Å². The highest BCUT2D eigenvalue weighted by atomic mass is 16.5. The Bertz CT molecular complexity index is 1120. The molecular formula is C22H24N4O. The van der Waals surface area contributed by atoms with Gasteiger partial charge < -0.3 is 19.2 Å². The van der Waals surface area contributed by atoms with Gasteiger partial charge in [-0.05, 0) is 49.6 Å². The lowest BCUT2D eigenvalue weighted by Gasteiger charge is -2.29. The maximum Gasteiger partial charge on any atom is 0.139 e. The molecule has 1 saturated heterocycles. The Morgan fingerprint density at radius 2 is 1.89 bits per heavy atom. The second kappa shape index (κ2) is 6.34. The van der Waals surface area contributed by atoms with Crippen LogP contribution in [0.2, 0.25) is 0 Å². The number of methoxy groups -OCH3 is 1. The van der Waals surface area contributed by atoms with Gasteiger partial charge in [0.15, 0.2) is 0 Å². The van der Waals surface area contributed by atoms with Crippen molar-refractivity contribution in [2.75, 3.05) is 25.1 Å². The maximum atomic E-state index is 5.44. The van der Waals surface area contributed by atoms with Crippen molar-refractivity contribution >= 4 is 27.6 Å². The van der Waals surface area contributed by atoms with Crippen molar-refractivity contribution in [2.24, 2.45) is 7.05 Å². The standard InChI is InChI=1S/C22H24N4O/c1-25-14-18(16-12-15(27-2)6-7-20(16)25)19-13-17-21(8-9-23-22(17)24-19)26-10-4-3-5-11-26/h6-9,12-14H,3-5,10-11H2,1-2H3,(H,23,24). The Balaban J connectivity index is 1.67. The molecule has 0 amide bonds. The average Bonchev–Trinajstić information content (AvgIpc) is 3.29. The van der Waals surface area contributed by atoms with Crippen LogP contribution in [0.1, 0.15) is 19.3 Å². The number of piperidine rings is 1. The fraction of sp³-hybridized carbons (Fsp3) is 0.318. The van der Waals surface area contributed by atoms with Gasteiger partial charge >= 0.3 is 0 Å². The summed E-state index contributed by atoms with van der Waals surface area (Å²) in [5.74, 6) is 0.873. The first-order chi connectivity index (χ1) is 13.2. The second-order valence-corrected chi connectivity index (χ2v) is 7.36. The molecule has 3 aromatic heterocycles. The van der Waals surface area contributed by atoms with Gasteiger partial charge in [-0.15, -0.1) is 0 Å². The number of fused-ring (bicyclic) bond motifs is 2. The lowest BCUT2D eigenvalue weighted by atomic mass is 10.1. The van der Waals surface area contributed by atoms with Gasteiger partial charge in [-0.25, -0.2) is 4.98 Å². The lowest BCUT2D eigenvalue weighted by Crippen LogP contribution is -2.29. The molecule has 27 heavy (non-hydrogen) atoms. The van der Waals surface area contributed by atoms with E-state index in [0.29, 0.717) is 0 Å². The normalized spacial score (nSPS) is 15.0. The predicted molar refractivity (Wildman–Crippen MR) is 111 cm³/mol. The number of hydrogen-bond donors (Lipinski definition) is 1. The van der Waals surface area contributed by atoms with E-state index in [2.05, 4.69) is 56.9 Å². The molecule has 0 unspecified atom stereocenters. The molecule has 4 aromatic rings. The van der Waals surface area contributed by atoms with Gasteiger partial charge in [-0.3, -0.25) is 0 Å². The van der Waals surface area contributed by atoms with Crippen molar-refractivity contribution in [3.63, 3.8) is 0 Å². The number of anilines is 1. The molecule has 1 fully saturated rings. The first-order valence-corrected chi connectivity index (χ1v) is 9.61. The van der Waals surface area contributed by atoms with Gasteiger partial charge in [-0.1, -0.05) is 0 Å². The summed E-state index contributed by atoms with van der Waals surface area (Å²) in [6.45, 7) is 2.26. The van der Waals surface area contributed by atoms with E-state index in [1.807, 2.05) is 12.3 Å². The van der Waals surface area contributed by atoms with Crippen molar-refractivity contribution in [1.82, 2.24) is 14.5 Å². The van der Waals surface area contributed by atoms with E-state index in [4.69, 9.17) is 4.74 Å². The molecule has 0 bridgehead atoms. The number of aromatic amines is 1. The number of aryl methyl sites for hydroxylation is 1. The number of ether oxygens (including phenoxy) is 1. The molecule has 0 radical (unpaired) electrons. The summed E-state index contributed by atoms with van der Waals surface area (Å²) in [6.07, 6.45) is 7.96. The van der Waals surface area contributed by atoms with Gasteiger partial charge in [0, 0.05) is 65.8 Å². The molecule has 0 spiro atoms. The summed E-state index contributed by atoms with van der Waals surface area (Å²) >= 11 is 0. The van der Waals surface area contributed by atoms with E-state index in [9.17, 15) is 0 Å². The highest BCUT2D eigenvalue weighted by molar-refractivity contribution is 6.00. The van der Waals surface area contributed by atoms with Gasteiger partial charge in [0.2, 0.25) is 0 Å². The second-order valence-electron chi connectivity index (χ2n) is 7.36. The van der Waals surface area contributed by atoms with E-state index < -0.39 is 0 Å². The Morgan fingerprint density at radius 1 is 1.04 bits per heavy atom. The number of pyridine rings is 1. The molecule has 0 saturated carbocycles. The summed E-state index contributed by atoms with van der Waals surface area (Å²) in [4.78, 5) is 10.6. The molecule has 1 aliphatic rings. The largest absolute Gasteiger partial charge is 0.497 e. The van der Waals surface area contributed by atoms with Crippen LogP contribution in [-0.4, -0.2) is 34.7 Å². The average molecular weight is 360 g/mol. The molecule has 5 nitrogen and oxygen atoms in total. The van der Waals surface area contributed by atoms with Gasteiger partial charge in [-0.2, -0.15) is 0 Å². The molecule has 5 heteroatoms. The number of H-pyrrole nitrogens is 1. The topological polar surface area (TPSA) is 46.1 Å². The smallest absolute Gasteiger partial charge is 0.139 e. The summed E-state index contributed by atoms with van der Waals surface area (Å²) in [7, 11) is 3.79. The van der Waals surface area contributed by atoms with Crippen molar-refractivity contribution in [1.29, 1.82) is 0 Å². The zero-order valence-corrected chi connectivity index (χ0v) is 15.8. The number of rotatable bonds is 3. The van der Waals surface area contributed by atoms with Crippen molar-refractivity contribution < 1.29 is 4.74 Å². The molecule has 1 aliphatic heterocycles. The van der Waals surface area contributed by atoms with Crippen LogP contribution in [0, 0.1) is 0 Å². The Hall–Kier alpha value is -2.95. The molecule has 138 valence electrons. The zero-order valence-electron chi connectivity index (χ0n) is 15.8. The Kier molecular flexibility index (Phi) is 3.81. The van der Waals surface area contributed by atoms with Crippen LogP contribution in [0.25, 0.3) is 33.2 Å². The van der Waals surface area contributed by atoms with Crippen molar-refractivity contribution in [2.45, 2.75) is 19.3 Å². The third kappa shape index (κ3) is 2.65. The third-order valence-electron chi connectivity index (χ3n) is 5.69. The molecule has 1 N–H and O–H groups in total. The number of benzene rings is 1. The van der Waals surface area contributed by atoms with Crippen LogP contribution in [0.3, 0.4) is 0 Å². The maximum absolute atomic E-state index is 5.44. The zero-order chi connectivity index (χ0) is 18.4. The molecular weight excluding hydrogens is 336 g/mol. The summed E-state index contributed by atoms with van der Waals surface area (Å²) in [5.41, 5.74) is 5.71. The number of nitrogens with zero attached hydrogens (tertiary/aromatic N) is 3. The monoisotopic (exact) mass is 360 g/mol. The highest BCUT2D eigenvalue weighted by Gasteiger charge is 2.17. The minimum absolute atomic E-state index is 0.873. The fourth-order valence-corrected chi connectivity index (χ4v) is 4.28. The fourth-order valence-electron chi connectivity index (χ4n) is 4.28. The predicted octanol–water partition coefficient (Wildman–Crippen LogP) is 4.72. The Labute approximate surface area is 158 Å². The summed E-state index contributed by atoms with van der Waals surface area (Å²) < 4.78 is 7.60.